The molecular formula is C17H24Cl2N2O4. The van der Waals surface area contributed by atoms with E-state index in [1.54, 1.807) is 4.90 Å². The number of hydrogen-bond acceptors (Lipinski definition) is 5. The third kappa shape index (κ3) is 6.01. The highest BCUT2D eigenvalue weighted by molar-refractivity contribution is 6.30. The number of morpholine rings is 2. The molecule has 1 amide bonds. The smallest absolute Gasteiger partial charge is 0.409 e. The Labute approximate surface area is 159 Å². The summed E-state index contributed by atoms with van der Waals surface area (Å²) in [5.74, 6) is 0. The van der Waals surface area contributed by atoms with Gasteiger partial charge in [0.05, 0.1) is 25.9 Å². The number of hydrogen-bond donors (Lipinski definition) is 0. The second-order valence-electron chi connectivity index (χ2n) is 5.93. The number of ether oxygens (including phenoxy) is 3. The van der Waals surface area contributed by atoms with Crippen LogP contribution >= 0.6 is 24.0 Å². The van der Waals surface area contributed by atoms with Gasteiger partial charge in [-0.3, -0.25) is 4.90 Å². The van der Waals surface area contributed by atoms with Gasteiger partial charge in [0.2, 0.25) is 0 Å². The monoisotopic (exact) mass is 390 g/mol. The summed E-state index contributed by atoms with van der Waals surface area (Å²) in [4.78, 5) is 15.9. The van der Waals surface area contributed by atoms with Crippen molar-refractivity contribution in [1.82, 2.24) is 9.80 Å². The summed E-state index contributed by atoms with van der Waals surface area (Å²) in [7, 11) is 0. The zero-order chi connectivity index (χ0) is 16.8. The van der Waals surface area contributed by atoms with Gasteiger partial charge in [0, 0.05) is 37.7 Å². The summed E-state index contributed by atoms with van der Waals surface area (Å²) in [5, 5.41) is 0.724. The maximum atomic E-state index is 11.9. The van der Waals surface area contributed by atoms with Crippen LogP contribution < -0.4 is 0 Å². The van der Waals surface area contributed by atoms with Crippen molar-refractivity contribution in [3.8, 4) is 0 Å². The lowest BCUT2D eigenvalue weighted by Crippen LogP contribution is -2.43. The highest BCUT2D eigenvalue weighted by Gasteiger charge is 2.23. The summed E-state index contributed by atoms with van der Waals surface area (Å²) in [6.45, 7) is 5.79. The first-order valence-corrected chi connectivity index (χ1v) is 8.69. The Morgan fingerprint density at radius 3 is 2.60 bits per heavy atom. The van der Waals surface area contributed by atoms with Gasteiger partial charge >= 0.3 is 6.09 Å². The van der Waals surface area contributed by atoms with Gasteiger partial charge in [-0.2, -0.15) is 0 Å². The number of carbonyl (C=O) groups excluding carboxylic acids is 1. The van der Waals surface area contributed by atoms with Crippen molar-refractivity contribution in [3.63, 3.8) is 0 Å². The predicted molar refractivity (Wildman–Crippen MR) is 97.6 cm³/mol. The maximum Gasteiger partial charge on any atom is 0.409 e. The molecule has 0 saturated carbocycles. The van der Waals surface area contributed by atoms with E-state index in [1.165, 1.54) is 0 Å². The summed E-state index contributed by atoms with van der Waals surface area (Å²) in [6.07, 6.45) is -0.216. The topological polar surface area (TPSA) is 51.2 Å². The van der Waals surface area contributed by atoms with Crippen LogP contribution in [-0.4, -0.2) is 75.0 Å². The van der Waals surface area contributed by atoms with E-state index in [0.717, 1.165) is 23.7 Å². The molecule has 2 saturated heterocycles. The van der Waals surface area contributed by atoms with Gasteiger partial charge in [0.1, 0.15) is 6.61 Å². The van der Waals surface area contributed by atoms with Crippen molar-refractivity contribution in [3.05, 3.63) is 34.9 Å². The molecule has 0 N–H and O–H groups in total. The largest absolute Gasteiger partial charge is 0.448 e. The van der Waals surface area contributed by atoms with Crippen LogP contribution in [0.15, 0.2) is 24.3 Å². The number of rotatable bonds is 4. The average Bonchev–Trinajstić information content (AvgIpc) is 2.63. The van der Waals surface area contributed by atoms with Crippen LogP contribution in [0, 0.1) is 0 Å². The number of nitrogens with zero attached hydrogens (tertiary/aromatic N) is 2. The molecule has 0 radical (unpaired) electrons. The molecule has 6 nitrogen and oxygen atoms in total. The Kier molecular flexibility index (Phi) is 8.26. The molecule has 0 bridgehead atoms. The van der Waals surface area contributed by atoms with Crippen molar-refractivity contribution in [2.45, 2.75) is 6.10 Å². The molecule has 1 unspecified atom stereocenters. The van der Waals surface area contributed by atoms with Gasteiger partial charge in [0.15, 0.2) is 0 Å². The van der Waals surface area contributed by atoms with Crippen molar-refractivity contribution < 1.29 is 19.0 Å². The Morgan fingerprint density at radius 1 is 1.16 bits per heavy atom. The minimum Gasteiger partial charge on any atom is -0.448 e. The fraction of sp³-hybridized carbons (Fsp3) is 0.588. The zero-order valence-corrected chi connectivity index (χ0v) is 15.6. The minimum atomic E-state index is -0.249. The van der Waals surface area contributed by atoms with Crippen LogP contribution in [0.2, 0.25) is 5.02 Å². The average molecular weight is 391 g/mol. The first kappa shape index (κ1) is 20.3. The van der Waals surface area contributed by atoms with Crippen LogP contribution in [0.5, 0.6) is 0 Å². The van der Waals surface area contributed by atoms with E-state index in [-0.39, 0.29) is 24.6 Å². The molecule has 0 aromatic heterocycles. The molecule has 1 aromatic carbocycles. The van der Waals surface area contributed by atoms with E-state index >= 15 is 0 Å². The van der Waals surface area contributed by atoms with E-state index in [2.05, 4.69) is 4.90 Å². The van der Waals surface area contributed by atoms with Crippen LogP contribution in [0.4, 0.5) is 4.79 Å². The Balaban J connectivity index is 0.00000225. The zero-order valence-electron chi connectivity index (χ0n) is 14.1. The normalized spacial score (nSPS) is 21.5. The molecule has 2 aliphatic heterocycles. The molecule has 0 aliphatic carbocycles. The van der Waals surface area contributed by atoms with Gasteiger partial charge in [0.25, 0.3) is 0 Å². The minimum absolute atomic E-state index is 0. The maximum absolute atomic E-state index is 11.9. The van der Waals surface area contributed by atoms with E-state index < -0.39 is 0 Å². The molecule has 8 heteroatoms. The fourth-order valence-electron chi connectivity index (χ4n) is 2.88. The molecule has 2 heterocycles. The highest BCUT2D eigenvalue weighted by atomic mass is 35.5. The Morgan fingerprint density at radius 2 is 1.88 bits per heavy atom. The molecule has 2 aliphatic rings. The summed E-state index contributed by atoms with van der Waals surface area (Å²) >= 11 is 5.93. The van der Waals surface area contributed by atoms with Gasteiger partial charge in [-0.1, -0.05) is 23.7 Å². The second-order valence-corrected chi connectivity index (χ2v) is 6.36. The molecule has 140 valence electrons. The lowest BCUT2D eigenvalue weighted by molar-refractivity contribution is -0.0363. The SMILES string of the molecule is Cl.O=C(OCCN1CCOC(c2ccc(Cl)cc2)C1)N1CCOCC1. The first-order valence-electron chi connectivity index (χ1n) is 8.31. The lowest BCUT2D eigenvalue weighted by atomic mass is 10.1. The molecule has 1 aromatic rings. The fourth-order valence-corrected chi connectivity index (χ4v) is 3.01. The third-order valence-corrected chi connectivity index (χ3v) is 4.55. The Hall–Kier alpha value is -1.05. The first-order chi connectivity index (χ1) is 11.7. The van der Waals surface area contributed by atoms with Crippen LogP contribution in [-0.2, 0) is 14.2 Å². The van der Waals surface area contributed by atoms with Crippen molar-refractivity contribution >= 4 is 30.1 Å². The van der Waals surface area contributed by atoms with E-state index in [0.29, 0.717) is 46.1 Å². The molecule has 3 rings (SSSR count). The molecule has 25 heavy (non-hydrogen) atoms. The summed E-state index contributed by atoms with van der Waals surface area (Å²) in [5.41, 5.74) is 1.12. The third-order valence-electron chi connectivity index (χ3n) is 4.29. The van der Waals surface area contributed by atoms with Crippen LogP contribution in [0.3, 0.4) is 0 Å². The quantitative estimate of drug-likeness (QED) is 0.790. The predicted octanol–water partition coefficient (Wildman–Crippen LogP) is 2.60. The standard InChI is InChI=1S/C17H23ClN2O4.ClH/c18-15-3-1-14(2-4-15)16-13-19(5-11-23-16)6-12-24-17(21)20-7-9-22-10-8-20;/h1-4,16H,5-13H2;1H. The van der Waals surface area contributed by atoms with E-state index in [4.69, 9.17) is 25.8 Å². The van der Waals surface area contributed by atoms with E-state index in [1.807, 2.05) is 24.3 Å². The van der Waals surface area contributed by atoms with Crippen LogP contribution in [0.25, 0.3) is 0 Å². The number of halogens is 2. The van der Waals surface area contributed by atoms with Gasteiger partial charge in [-0.05, 0) is 17.7 Å². The molecule has 1 atom stereocenters. The number of carbonyl (C=O) groups is 1. The number of benzene rings is 1. The number of amides is 1. The summed E-state index contributed by atoms with van der Waals surface area (Å²) in [6, 6.07) is 7.75. The van der Waals surface area contributed by atoms with Gasteiger partial charge in [-0.15, -0.1) is 12.4 Å². The molecular weight excluding hydrogens is 367 g/mol. The lowest BCUT2D eigenvalue weighted by Gasteiger charge is -2.33. The van der Waals surface area contributed by atoms with Gasteiger partial charge < -0.3 is 19.1 Å². The van der Waals surface area contributed by atoms with Crippen molar-refractivity contribution in [2.24, 2.45) is 0 Å². The molecule has 2 fully saturated rings. The van der Waals surface area contributed by atoms with E-state index in [9.17, 15) is 4.79 Å². The van der Waals surface area contributed by atoms with Crippen LogP contribution in [0.1, 0.15) is 11.7 Å². The second kappa shape index (κ2) is 10.2. The van der Waals surface area contributed by atoms with Crippen molar-refractivity contribution in [2.75, 3.05) is 59.2 Å². The molecule has 0 spiro atoms. The summed E-state index contributed by atoms with van der Waals surface area (Å²) < 4.78 is 16.4. The van der Waals surface area contributed by atoms with Crippen molar-refractivity contribution in [1.29, 1.82) is 0 Å². The highest BCUT2D eigenvalue weighted by Crippen LogP contribution is 2.23. The Bertz CT molecular complexity index is 538. The van der Waals surface area contributed by atoms with Gasteiger partial charge in [-0.25, -0.2) is 4.79 Å².